The summed E-state index contributed by atoms with van der Waals surface area (Å²) < 4.78 is 0. The van der Waals surface area contributed by atoms with Crippen LogP contribution in [0.1, 0.15) is 26.2 Å². The highest BCUT2D eigenvalue weighted by atomic mass is 15.4. The molecule has 2 heterocycles. The standard InChI is InChI=1S/C9H18N2/c1-2-10-7-4-8-11-6-3-5-9(10)11/h9H,2-8H2,1H3. The predicted molar refractivity (Wildman–Crippen MR) is 46.5 cm³/mol. The Morgan fingerprint density at radius 2 is 2.00 bits per heavy atom. The highest BCUT2D eigenvalue weighted by Crippen LogP contribution is 2.24. The molecular weight excluding hydrogens is 136 g/mol. The van der Waals surface area contributed by atoms with Crippen molar-refractivity contribution < 1.29 is 0 Å². The second-order valence-corrected chi connectivity index (χ2v) is 3.64. The van der Waals surface area contributed by atoms with Crippen LogP contribution in [-0.2, 0) is 0 Å². The van der Waals surface area contributed by atoms with Crippen molar-refractivity contribution in [3.05, 3.63) is 0 Å². The number of fused-ring (bicyclic) bond motifs is 1. The maximum absolute atomic E-state index is 2.65. The van der Waals surface area contributed by atoms with Gasteiger partial charge in [0.05, 0.1) is 6.17 Å². The molecule has 2 aliphatic heterocycles. The molecule has 11 heavy (non-hydrogen) atoms. The topological polar surface area (TPSA) is 6.48 Å². The molecule has 2 saturated heterocycles. The van der Waals surface area contributed by atoms with Crippen LogP contribution < -0.4 is 0 Å². The lowest BCUT2D eigenvalue weighted by molar-refractivity contribution is 0.0391. The lowest BCUT2D eigenvalue weighted by Crippen LogP contribution is -2.50. The van der Waals surface area contributed by atoms with Gasteiger partial charge in [-0.2, -0.15) is 0 Å². The van der Waals surface area contributed by atoms with Crippen molar-refractivity contribution in [2.75, 3.05) is 26.2 Å². The minimum Gasteiger partial charge on any atom is -0.288 e. The van der Waals surface area contributed by atoms with Crippen molar-refractivity contribution in [1.82, 2.24) is 9.80 Å². The van der Waals surface area contributed by atoms with E-state index >= 15 is 0 Å². The summed E-state index contributed by atoms with van der Waals surface area (Å²) in [4.78, 5) is 5.27. The largest absolute Gasteiger partial charge is 0.288 e. The van der Waals surface area contributed by atoms with E-state index < -0.39 is 0 Å². The van der Waals surface area contributed by atoms with Gasteiger partial charge in [0.15, 0.2) is 0 Å². The Bertz CT molecular complexity index is 136. The maximum Gasteiger partial charge on any atom is 0.0622 e. The van der Waals surface area contributed by atoms with Crippen LogP contribution in [0.25, 0.3) is 0 Å². The highest BCUT2D eigenvalue weighted by molar-refractivity contribution is 4.83. The molecule has 0 bridgehead atoms. The van der Waals surface area contributed by atoms with E-state index in [1.165, 1.54) is 45.4 Å². The van der Waals surface area contributed by atoms with E-state index in [9.17, 15) is 0 Å². The van der Waals surface area contributed by atoms with Crippen molar-refractivity contribution in [1.29, 1.82) is 0 Å². The first-order chi connectivity index (χ1) is 5.42. The van der Waals surface area contributed by atoms with Gasteiger partial charge < -0.3 is 0 Å². The smallest absolute Gasteiger partial charge is 0.0622 e. The van der Waals surface area contributed by atoms with E-state index in [1.54, 1.807) is 0 Å². The van der Waals surface area contributed by atoms with Crippen LogP contribution in [0.2, 0.25) is 0 Å². The van der Waals surface area contributed by atoms with Gasteiger partial charge in [-0.25, -0.2) is 0 Å². The Morgan fingerprint density at radius 1 is 1.18 bits per heavy atom. The molecule has 2 heteroatoms. The third kappa shape index (κ3) is 1.30. The van der Waals surface area contributed by atoms with Crippen LogP contribution in [-0.4, -0.2) is 42.1 Å². The molecule has 64 valence electrons. The monoisotopic (exact) mass is 154 g/mol. The zero-order chi connectivity index (χ0) is 7.68. The number of hydrogen-bond acceptors (Lipinski definition) is 2. The van der Waals surface area contributed by atoms with Crippen molar-refractivity contribution in [2.45, 2.75) is 32.4 Å². The fourth-order valence-corrected chi connectivity index (χ4v) is 2.48. The predicted octanol–water partition coefficient (Wildman–Crippen LogP) is 1.13. The van der Waals surface area contributed by atoms with E-state index in [-0.39, 0.29) is 0 Å². The summed E-state index contributed by atoms with van der Waals surface area (Å²) in [5.41, 5.74) is 0. The number of hydrogen-bond donors (Lipinski definition) is 0. The van der Waals surface area contributed by atoms with Crippen molar-refractivity contribution in [3.8, 4) is 0 Å². The van der Waals surface area contributed by atoms with Crippen molar-refractivity contribution in [2.24, 2.45) is 0 Å². The summed E-state index contributed by atoms with van der Waals surface area (Å²) >= 11 is 0. The van der Waals surface area contributed by atoms with E-state index in [2.05, 4.69) is 16.7 Å². The van der Waals surface area contributed by atoms with Crippen molar-refractivity contribution >= 4 is 0 Å². The van der Waals surface area contributed by atoms with E-state index in [1.807, 2.05) is 0 Å². The molecule has 1 atom stereocenters. The second kappa shape index (κ2) is 3.11. The molecule has 0 radical (unpaired) electrons. The summed E-state index contributed by atoms with van der Waals surface area (Å²) in [6.45, 7) is 7.54. The van der Waals surface area contributed by atoms with Gasteiger partial charge in [-0.05, 0) is 32.4 Å². The molecule has 0 N–H and O–H groups in total. The molecule has 2 rings (SSSR count). The SMILES string of the molecule is CCN1CCCN2CCCC12. The van der Waals surface area contributed by atoms with Gasteiger partial charge in [-0.15, -0.1) is 0 Å². The summed E-state index contributed by atoms with van der Waals surface area (Å²) in [5.74, 6) is 0. The van der Waals surface area contributed by atoms with Crippen LogP contribution in [0.15, 0.2) is 0 Å². The molecule has 0 amide bonds. The Hall–Kier alpha value is -0.0800. The van der Waals surface area contributed by atoms with Gasteiger partial charge in [0.1, 0.15) is 0 Å². The van der Waals surface area contributed by atoms with Crippen LogP contribution in [0.5, 0.6) is 0 Å². The first-order valence-corrected chi connectivity index (χ1v) is 4.90. The van der Waals surface area contributed by atoms with Gasteiger partial charge in [-0.1, -0.05) is 6.92 Å². The Balaban J connectivity index is 2.00. The van der Waals surface area contributed by atoms with E-state index in [4.69, 9.17) is 0 Å². The summed E-state index contributed by atoms with van der Waals surface area (Å²) in [6, 6.07) is 0. The molecule has 0 saturated carbocycles. The maximum atomic E-state index is 2.65. The van der Waals surface area contributed by atoms with Crippen LogP contribution in [0.4, 0.5) is 0 Å². The van der Waals surface area contributed by atoms with Crippen LogP contribution in [0.3, 0.4) is 0 Å². The highest BCUT2D eigenvalue weighted by Gasteiger charge is 2.31. The van der Waals surface area contributed by atoms with E-state index in [0.717, 1.165) is 6.17 Å². The normalized spacial score (nSPS) is 34.1. The Labute approximate surface area is 69.2 Å². The average molecular weight is 154 g/mol. The molecule has 2 aliphatic rings. The third-order valence-corrected chi connectivity index (χ3v) is 3.05. The lowest BCUT2D eigenvalue weighted by Gasteiger charge is -2.39. The summed E-state index contributed by atoms with van der Waals surface area (Å²) in [5, 5.41) is 0. The molecule has 0 aliphatic carbocycles. The lowest BCUT2D eigenvalue weighted by atomic mass is 10.2. The average Bonchev–Trinajstić information content (AvgIpc) is 2.50. The molecule has 0 aromatic rings. The zero-order valence-corrected chi connectivity index (χ0v) is 7.42. The van der Waals surface area contributed by atoms with Crippen LogP contribution in [0, 0.1) is 0 Å². The molecule has 0 aromatic carbocycles. The summed E-state index contributed by atoms with van der Waals surface area (Å²) in [6.07, 6.45) is 5.02. The fourth-order valence-electron chi connectivity index (χ4n) is 2.48. The zero-order valence-electron chi connectivity index (χ0n) is 7.42. The Morgan fingerprint density at radius 3 is 2.82 bits per heavy atom. The van der Waals surface area contributed by atoms with Gasteiger partial charge in [0.2, 0.25) is 0 Å². The first kappa shape index (κ1) is 7.56. The second-order valence-electron chi connectivity index (χ2n) is 3.64. The number of rotatable bonds is 1. The first-order valence-electron chi connectivity index (χ1n) is 4.90. The minimum absolute atomic E-state index is 0.814. The molecule has 0 spiro atoms. The number of nitrogens with zero attached hydrogens (tertiary/aromatic N) is 2. The third-order valence-electron chi connectivity index (χ3n) is 3.05. The fraction of sp³-hybridized carbons (Fsp3) is 1.00. The molecule has 2 fully saturated rings. The summed E-state index contributed by atoms with van der Waals surface area (Å²) in [7, 11) is 0. The van der Waals surface area contributed by atoms with Gasteiger partial charge in [-0.3, -0.25) is 9.80 Å². The molecule has 2 nitrogen and oxygen atoms in total. The van der Waals surface area contributed by atoms with Gasteiger partial charge >= 0.3 is 0 Å². The van der Waals surface area contributed by atoms with Crippen LogP contribution >= 0.6 is 0 Å². The van der Waals surface area contributed by atoms with Gasteiger partial charge in [0, 0.05) is 13.1 Å². The quantitative estimate of drug-likeness (QED) is 0.558. The minimum atomic E-state index is 0.814. The Kier molecular flexibility index (Phi) is 2.14. The van der Waals surface area contributed by atoms with E-state index in [0.29, 0.717) is 0 Å². The molecular formula is C9H18N2. The molecule has 1 unspecified atom stereocenters. The van der Waals surface area contributed by atoms with Gasteiger partial charge in [0.25, 0.3) is 0 Å². The van der Waals surface area contributed by atoms with Crippen molar-refractivity contribution in [3.63, 3.8) is 0 Å². The molecule has 0 aromatic heterocycles.